The Morgan fingerprint density at radius 3 is 2.15 bits per heavy atom. The number of nitrogens with one attached hydrogen (secondary N) is 2. The summed E-state index contributed by atoms with van der Waals surface area (Å²) in [6.45, 7) is 11.3. The molecular formula is C33H44N4O3. The van der Waals surface area contributed by atoms with E-state index in [9.17, 15) is 9.59 Å². The van der Waals surface area contributed by atoms with Gasteiger partial charge in [-0.25, -0.2) is 0 Å². The first-order chi connectivity index (χ1) is 19.0. The summed E-state index contributed by atoms with van der Waals surface area (Å²) in [7, 11) is 1.96. The number of amides is 2. The second kappa shape index (κ2) is 14.6. The quantitative estimate of drug-likeness (QED) is 0.323. The van der Waals surface area contributed by atoms with E-state index < -0.39 is 17.6 Å². The van der Waals surface area contributed by atoms with Crippen LogP contribution in [-0.2, 0) is 29.0 Å². The predicted molar refractivity (Wildman–Crippen MR) is 160 cm³/mol. The van der Waals surface area contributed by atoms with Crippen molar-refractivity contribution < 1.29 is 14.3 Å². The van der Waals surface area contributed by atoms with Gasteiger partial charge in [0.1, 0.15) is 18.4 Å². The van der Waals surface area contributed by atoms with Crippen LogP contribution in [0.3, 0.4) is 0 Å². The standard InChI is InChI=1S/C33H44N4O3/c1-24(2)22-37(6)30(20-27-13-10-18-34-21-27)32(39)35-29(31(38)36-33(3,4)5)19-25-14-16-28(17-15-25)40-23-26-11-8-7-9-12-26/h7-18,21,24,29-30H,19-20,22-23H2,1-6H3,(H,35,39)(H,36,38). The third kappa shape index (κ3) is 10.5. The summed E-state index contributed by atoms with van der Waals surface area (Å²) >= 11 is 0. The van der Waals surface area contributed by atoms with E-state index in [1.807, 2.05) is 94.5 Å². The maximum atomic E-state index is 13.7. The summed E-state index contributed by atoms with van der Waals surface area (Å²) in [6.07, 6.45) is 4.38. The van der Waals surface area contributed by atoms with E-state index >= 15 is 0 Å². The minimum Gasteiger partial charge on any atom is -0.489 e. The molecule has 0 saturated carbocycles. The van der Waals surface area contributed by atoms with E-state index in [2.05, 4.69) is 34.4 Å². The molecule has 1 aromatic heterocycles. The Morgan fingerprint density at radius 2 is 1.55 bits per heavy atom. The van der Waals surface area contributed by atoms with Gasteiger partial charge in [-0.1, -0.05) is 62.4 Å². The van der Waals surface area contributed by atoms with Gasteiger partial charge in [-0.15, -0.1) is 0 Å². The van der Waals surface area contributed by atoms with Gasteiger partial charge in [0.25, 0.3) is 0 Å². The lowest BCUT2D eigenvalue weighted by Gasteiger charge is -2.31. The van der Waals surface area contributed by atoms with Crippen LogP contribution in [0.4, 0.5) is 0 Å². The number of ether oxygens (including phenoxy) is 1. The maximum Gasteiger partial charge on any atom is 0.243 e. The number of hydrogen-bond donors (Lipinski definition) is 2. The molecule has 7 nitrogen and oxygen atoms in total. The molecule has 0 aliphatic rings. The van der Waals surface area contributed by atoms with Crippen molar-refractivity contribution in [2.24, 2.45) is 5.92 Å². The molecule has 2 N–H and O–H groups in total. The molecule has 0 aliphatic heterocycles. The van der Waals surface area contributed by atoms with E-state index in [4.69, 9.17) is 4.74 Å². The van der Waals surface area contributed by atoms with E-state index in [1.165, 1.54) is 0 Å². The first-order valence-corrected chi connectivity index (χ1v) is 14.0. The number of carbonyl (C=O) groups is 2. The topological polar surface area (TPSA) is 83.6 Å². The van der Waals surface area contributed by atoms with Crippen LogP contribution in [0.2, 0.25) is 0 Å². The van der Waals surface area contributed by atoms with Crippen molar-refractivity contribution in [1.82, 2.24) is 20.5 Å². The second-order valence-corrected chi connectivity index (χ2v) is 11.8. The van der Waals surface area contributed by atoms with Crippen molar-refractivity contribution in [3.8, 4) is 5.75 Å². The largest absolute Gasteiger partial charge is 0.489 e. The third-order valence-electron chi connectivity index (χ3n) is 6.38. The number of pyridine rings is 1. The van der Waals surface area contributed by atoms with Crippen LogP contribution in [0.25, 0.3) is 0 Å². The third-order valence-corrected chi connectivity index (χ3v) is 6.38. The van der Waals surface area contributed by atoms with Crippen molar-refractivity contribution >= 4 is 11.8 Å². The summed E-state index contributed by atoms with van der Waals surface area (Å²) in [5.41, 5.74) is 2.57. The number of rotatable bonds is 13. The molecule has 0 saturated heterocycles. The lowest BCUT2D eigenvalue weighted by molar-refractivity contribution is -0.132. The van der Waals surface area contributed by atoms with Crippen molar-refractivity contribution in [3.05, 3.63) is 95.8 Å². The highest BCUT2D eigenvalue weighted by Crippen LogP contribution is 2.17. The average Bonchev–Trinajstić information content (AvgIpc) is 2.90. The van der Waals surface area contributed by atoms with Crippen molar-refractivity contribution in [1.29, 1.82) is 0 Å². The van der Waals surface area contributed by atoms with Crippen LogP contribution in [0.1, 0.15) is 51.3 Å². The molecule has 0 spiro atoms. The molecular weight excluding hydrogens is 500 g/mol. The molecule has 3 aromatic rings. The molecule has 7 heteroatoms. The van der Waals surface area contributed by atoms with Gasteiger partial charge in [0, 0.05) is 30.9 Å². The molecule has 0 aliphatic carbocycles. The van der Waals surface area contributed by atoms with Gasteiger partial charge < -0.3 is 15.4 Å². The van der Waals surface area contributed by atoms with Gasteiger partial charge >= 0.3 is 0 Å². The molecule has 2 aromatic carbocycles. The first-order valence-electron chi connectivity index (χ1n) is 14.0. The number of aromatic nitrogens is 1. The fourth-order valence-electron chi connectivity index (χ4n) is 4.53. The van der Waals surface area contributed by atoms with Gasteiger partial charge in [0.15, 0.2) is 0 Å². The Balaban J connectivity index is 1.75. The Bertz CT molecular complexity index is 1190. The normalized spacial score (nSPS) is 13.1. The molecule has 3 rings (SSSR count). The Kier molecular flexibility index (Phi) is 11.3. The SMILES string of the molecule is CC(C)CN(C)C(Cc1cccnc1)C(=O)NC(Cc1ccc(OCc2ccccc2)cc1)C(=O)NC(C)(C)C. The van der Waals surface area contributed by atoms with Crippen molar-refractivity contribution in [3.63, 3.8) is 0 Å². The highest BCUT2D eigenvalue weighted by atomic mass is 16.5. The summed E-state index contributed by atoms with van der Waals surface area (Å²) in [6, 6.07) is 20.4. The minimum atomic E-state index is -0.730. The molecule has 0 radical (unpaired) electrons. The van der Waals surface area contributed by atoms with Crippen LogP contribution in [0.5, 0.6) is 5.75 Å². The Hall–Kier alpha value is -3.71. The first kappa shape index (κ1) is 30.8. The van der Waals surface area contributed by atoms with Crippen LogP contribution < -0.4 is 15.4 Å². The van der Waals surface area contributed by atoms with E-state index in [0.29, 0.717) is 25.4 Å². The minimum absolute atomic E-state index is 0.177. The van der Waals surface area contributed by atoms with Crippen LogP contribution >= 0.6 is 0 Å². The molecule has 0 fully saturated rings. The monoisotopic (exact) mass is 544 g/mol. The zero-order chi connectivity index (χ0) is 29.1. The lowest BCUT2D eigenvalue weighted by Crippen LogP contribution is -2.57. The molecule has 2 unspecified atom stereocenters. The maximum absolute atomic E-state index is 13.7. The molecule has 1 heterocycles. The van der Waals surface area contributed by atoms with E-state index in [-0.39, 0.29) is 11.8 Å². The molecule has 214 valence electrons. The predicted octanol–water partition coefficient (Wildman–Crippen LogP) is 4.80. The zero-order valence-electron chi connectivity index (χ0n) is 24.7. The van der Waals surface area contributed by atoms with E-state index in [0.717, 1.165) is 29.0 Å². The highest BCUT2D eigenvalue weighted by molar-refractivity contribution is 5.90. The fraction of sp³-hybridized carbons (Fsp3) is 0.424. The van der Waals surface area contributed by atoms with Crippen molar-refractivity contribution in [2.75, 3.05) is 13.6 Å². The summed E-state index contributed by atoms with van der Waals surface area (Å²) < 4.78 is 5.92. The van der Waals surface area contributed by atoms with Gasteiger partial charge in [-0.05, 0) is 75.0 Å². The number of carbonyl (C=O) groups excluding carboxylic acids is 2. The molecule has 40 heavy (non-hydrogen) atoms. The van der Waals surface area contributed by atoms with Gasteiger partial charge in [0.05, 0.1) is 6.04 Å². The Morgan fingerprint density at radius 1 is 0.875 bits per heavy atom. The number of nitrogens with zero attached hydrogens (tertiary/aromatic N) is 2. The molecule has 0 bridgehead atoms. The zero-order valence-corrected chi connectivity index (χ0v) is 24.7. The molecule has 2 amide bonds. The molecule has 2 atom stereocenters. The highest BCUT2D eigenvalue weighted by Gasteiger charge is 2.30. The van der Waals surface area contributed by atoms with Crippen molar-refractivity contribution in [2.45, 2.75) is 71.7 Å². The second-order valence-electron chi connectivity index (χ2n) is 11.8. The van der Waals surface area contributed by atoms with Crippen LogP contribution in [0, 0.1) is 5.92 Å². The summed E-state index contributed by atoms with van der Waals surface area (Å²) in [5.74, 6) is 0.747. The van der Waals surface area contributed by atoms with Crippen LogP contribution in [-0.4, -0.2) is 52.9 Å². The summed E-state index contributed by atoms with van der Waals surface area (Å²) in [5, 5.41) is 6.12. The lowest BCUT2D eigenvalue weighted by atomic mass is 10.0. The summed E-state index contributed by atoms with van der Waals surface area (Å²) in [4.78, 5) is 33.4. The Labute approximate surface area is 239 Å². The number of hydrogen-bond acceptors (Lipinski definition) is 5. The van der Waals surface area contributed by atoms with Gasteiger partial charge in [-0.2, -0.15) is 0 Å². The fourth-order valence-corrected chi connectivity index (χ4v) is 4.53. The van der Waals surface area contributed by atoms with Gasteiger partial charge in [0.2, 0.25) is 11.8 Å². The smallest absolute Gasteiger partial charge is 0.243 e. The van der Waals surface area contributed by atoms with E-state index in [1.54, 1.807) is 12.4 Å². The number of benzene rings is 2. The average molecular weight is 545 g/mol. The van der Waals surface area contributed by atoms with Crippen LogP contribution in [0.15, 0.2) is 79.1 Å². The number of likely N-dealkylation sites (N-methyl/N-ethyl adjacent to an activating group) is 1. The van der Waals surface area contributed by atoms with Gasteiger partial charge in [-0.3, -0.25) is 19.5 Å².